The predicted octanol–water partition coefficient (Wildman–Crippen LogP) is 5.64. The normalized spacial score (nSPS) is 15.4. The Morgan fingerprint density at radius 3 is 2.50 bits per heavy atom. The molecule has 0 spiro atoms. The third-order valence-corrected chi connectivity index (χ3v) is 9.14. The first-order chi connectivity index (χ1) is 23.2. The molecule has 0 radical (unpaired) electrons. The Morgan fingerprint density at radius 1 is 0.979 bits per heavy atom. The van der Waals surface area contributed by atoms with Crippen LogP contribution in [0.25, 0.3) is 22.2 Å². The standard InChI is InChI=1S/C37H31F3N6O2/c1-44-13-15-45(16-14-44)25-8-5-22(6-9-25)23-17-28-31(33(40)18-23)21-46(37(28)48)34(29-19-24(38)7-10-32(29)39)4-2-3-26-27-11-12-42-36(27)43-20-30(26)35(41)47/h5-12,17-20,34H,4,13-16,21H2,1H3,(H2,41,47)(H,42,43). The van der Waals surface area contributed by atoms with Crippen LogP contribution in [0.5, 0.6) is 0 Å². The SMILES string of the molecule is CN1CCN(c2ccc(-c3cc(F)c4c(c3)C(=O)N(C(CC#Cc3c(C(N)=O)cnc5[nH]ccc35)c3cc(F)ccc3F)C4)cc2)CC1. The number of piperazine rings is 1. The Hall–Kier alpha value is -5.60. The van der Waals surface area contributed by atoms with Gasteiger partial charge >= 0.3 is 0 Å². The lowest BCUT2D eigenvalue weighted by molar-refractivity contribution is 0.0700. The summed E-state index contributed by atoms with van der Waals surface area (Å²) in [6, 6.07) is 14.5. The van der Waals surface area contributed by atoms with E-state index in [1.165, 1.54) is 17.2 Å². The zero-order valence-electron chi connectivity index (χ0n) is 26.1. The lowest BCUT2D eigenvalue weighted by Crippen LogP contribution is -2.44. The van der Waals surface area contributed by atoms with Gasteiger partial charge in [0.15, 0.2) is 0 Å². The number of anilines is 1. The lowest BCUT2D eigenvalue weighted by Gasteiger charge is -2.34. The number of likely N-dealkylation sites (N-methyl/N-ethyl adjacent to an activating group) is 1. The number of aromatic nitrogens is 2. The maximum Gasteiger partial charge on any atom is 0.255 e. The van der Waals surface area contributed by atoms with Crippen molar-refractivity contribution in [1.82, 2.24) is 19.8 Å². The van der Waals surface area contributed by atoms with E-state index in [9.17, 15) is 14.0 Å². The molecule has 48 heavy (non-hydrogen) atoms. The fourth-order valence-electron chi connectivity index (χ4n) is 6.46. The Kier molecular flexibility index (Phi) is 8.11. The minimum atomic E-state index is -1.07. The molecule has 1 fully saturated rings. The first kappa shape index (κ1) is 31.0. The van der Waals surface area contributed by atoms with Crippen LogP contribution in [0.1, 0.15) is 49.9 Å². The van der Waals surface area contributed by atoms with Crippen LogP contribution in [-0.4, -0.2) is 64.8 Å². The summed E-state index contributed by atoms with van der Waals surface area (Å²) >= 11 is 0. The van der Waals surface area contributed by atoms with Crippen molar-refractivity contribution in [2.24, 2.45) is 5.73 Å². The topological polar surface area (TPSA) is 98.6 Å². The van der Waals surface area contributed by atoms with E-state index >= 15 is 8.78 Å². The number of amides is 2. The first-order valence-corrected chi connectivity index (χ1v) is 15.5. The number of halogens is 3. The van der Waals surface area contributed by atoms with Gasteiger partial charge in [-0.05, 0) is 66.7 Å². The number of nitrogens with zero attached hydrogens (tertiary/aromatic N) is 4. The molecule has 1 atom stereocenters. The Bertz CT molecular complexity index is 2130. The molecule has 3 N–H and O–H groups in total. The molecule has 1 saturated heterocycles. The number of fused-ring (bicyclic) bond motifs is 2. The van der Waals surface area contributed by atoms with E-state index in [1.807, 2.05) is 24.3 Å². The summed E-state index contributed by atoms with van der Waals surface area (Å²) in [5.41, 5.74) is 9.06. The number of benzene rings is 3. The molecule has 2 amide bonds. The number of H-pyrrole nitrogens is 1. The molecule has 4 heterocycles. The van der Waals surface area contributed by atoms with E-state index in [2.05, 4.69) is 38.7 Å². The summed E-state index contributed by atoms with van der Waals surface area (Å²) in [5, 5.41) is 0.558. The Labute approximate surface area is 275 Å². The van der Waals surface area contributed by atoms with Gasteiger partial charge in [-0.2, -0.15) is 0 Å². The quantitative estimate of drug-likeness (QED) is 0.233. The highest BCUT2D eigenvalue weighted by atomic mass is 19.1. The molecule has 2 aromatic heterocycles. The van der Waals surface area contributed by atoms with E-state index in [4.69, 9.17) is 5.73 Å². The van der Waals surface area contributed by atoms with Gasteiger partial charge in [0.1, 0.15) is 23.1 Å². The number of nitrogens with one attached hydrogen (secondary N) is 1. The number of nitrogens with two attached hydrogens (primary N) is 1. The molecular weight excluding hydrogens is 617 g/mol. The fourth-order valence-corrected chi connectivity index (χ4v) is 6.46. The van der Waals surface area contributed by atoms with E-state index in [0.717, 1.165) is 55.6 Å². The van der Waals surface area contributed by atoms with E-state index in [-0.39, 0.29) is 35.2 Å². The van der Waals surface area contributed by atoms with Crippen LogP contribution in [0.4, 0.5) is 18.9 Å². The van der Waals surface area contributed by atoms with Crippen LogP contribution >= 0.6 is 0 Å². The van der Waals surface area contributed by atoms with Crippen LogP contribution in [-0.2, 0) is 6.54 Å². The number of aromatic amines is 1. The van der Waals surface area contributed by atoms with Crippen LogP contribution in [0, 0.1) is 29.3 Å². The van der Waals surface area contributed by atoms with Gasteiger partial charge in [-0.15, -0.1) is 0 Å². The molecule has 242 valence electrons. The smallest absolute Gasteiger partial charge is 0.255 e. The molecule has 11 heteroatoms. The molecule has 1 unspecified atom stereocenters. The Balaban J connectivity index is 1.21. The highest BCUT2D eigenvalue weighted by molar-refractivity contribution is 6.01. The molecular formula is C37H31F3N6O2. The second kappa shape index (κ2) is 12.5. The number of pyridine rings is 1. The van der Waals surface area contributed by atoms with Crippen molar-refractivity contribution in [3.05, 3.63) is 118 Å². The number of primary amides is 1. The van der Waals surface area contributed by atoms with Crippen molar-refractivity contribution < 1.29 is 22.8 Å². The molecule has 3 aromatic carbocycles. The molecule has 2 aliphatic heterocycles. The monoisotopic (exact) mass is 648 g/mol. The van der Waals surface area contributed by atoms with Crippen LogP contribution in [0.15, 0.2) is 73.1 Å². The average molecular weight is 649 g/mol. The summed E-state index contributed by atoms with van der Waals surface area (Å²) < 4.78 is 45.4. The van der Waals surface area contributed by atoms with Gasteiger partial charge in [0.2, 0.25) is 0 Å². The summed E-state index contributed by atoms with van der Waals surface area (Å²) in [4.78, 5) is 39.1. The molecule has 5 aromatic rings. The minimum Gasteiger partial charge on any atom is -0.369 e. The number of hydrogen-bond donors (Lipinski definition) is 2. The maximum atomic E-state index is 15.7. The number of carbonyl (C=O) groups is 2. The van der Waals surface area contributed by atoms with Crippen molar-refractivity contribution in [3.63, 3.8) is 0 Å². The number of carbonyl (C=O) groups excluding carboxylic acids is 2. The van der Waals surface area contributed by atoms with Crippen LogP contribution in [0.2, 0.25) is 0 Å². The summed E-state index contributed by atoms with van der Waals surface area (Å²) in [6.45, 7) is 3.61. The van der Waals surface area contributed by atoms with Crippen molar-refractivity contribution in [1.29, 1.82) is 0 Å². The molecule has 0 aliphatic carbocycles. The third kappa shape index (κ3) is 5.75. The second-order valence-electron chi connectivity index (χ2n) is 12.1. The molecule has 0 bridgehead atoms. The fraction of sp³-hybridized carbons (Fsp3) is 0.216. The van der Waals surface area contributed by atoms with Crippen LogP contribution in [0.3, 0.4) is 0 Å². The summed E-state index contributed by atoms with van der Waals surface area (Å²) in [6.07, 6.45) is 2.81. The number of rotatable bonds is 6. The van der Waals surface area contributed by atoms with Crippen molar-refractivity contribution in [3.8, 4) is 23.0 Å². The van der Waals surface area contributed by atoms with Gasteiger partial charge in [0.25, 0.3) is 11.8 Å². The van der Waals surface area contributed by atoms with Crippen LogP contribution < -0.4 is 10.6 Å². The lowest BCUT2D eigenvalue weighted by atomic mass is 9.99. The van der Waals surface area contributed by atoms with Gasteiger partial charge in [0, 0.05) is 78.3 Å². The highest BCUT2D eigenvalue weighted by Crippen LogP contribution is 2.38. The first-order valence-electron chi connectivity index (χ1n) is 15.5. The molecule has 2 aliphatic rings. The predicted molar refractivity (Wildman–Crippen MR) is 177 cm³/mol. The van der Waals surface area contributed by atoms with Gasteiger partial charge in [-0.1, -0.05) is 24.0 Å². The van der Waals surface area contributed by atoms with E-state index < -0.39 is 35.3 Å². The average Bonchev–Trinajstić information content (AvgIpc) is 3.70. The third-order valence-electron chi connectivity index (χ3n) is 9.14. The highest BCUT2D eigenvalue weighted by Gasteiger charge is 2.36. The van der Waals surface area contributed by atoms with Gasteiger partial charge in [0.05, 0.1) is 18.2 Å². The van der Waals surface area contributed by atoms with Gasteiger partial charge in [-0.25, -0.2) is 18.2 Å². The van der Waals surface area contributed by atoms with Crippen molar-refractivity contribution >= 4 is 28.5 Å². The Morgan fingerprint density at radius 2 is 1.75 bits per heavy atom. The zero-order valence-corrected chi connectivity index (χ0v) is 26.1. The largest absolute Gasteiger partial charge is 0.369 e. The van der Waals surface area contributed by atoms with Gasteiger partial charge < -0.3 is 25.4 Å². The van der Waals surface area contributed by atoms with Crippen molar-refractivity contribution in [2.75, 3.05) is 38.1 Å². The maximum absolute atomic E-state index is 15.7. The number of hydrogen-bond acceptors (Lipinski definition) is 5. The minimum absolute atomic E-state index is 0.0952. The van der Waals surface area contributed by atoms with Gasteiger partial charge in [-0.3, -0.25) is 9.59 Å². The molecule has 7 rings (SSSR count). The molecule has 0 saturated carbocycles. The zero-order chi connectivity index (χ0) is 33.5. The van der Waals surface area contributed by atoms with E-state index in [0.29, 0.717) is 22.2 Å². The van der Waals surface area contributed by atoms with E-state index in [1.54, 1.807) is 18.3 Å². The second-order valence-corrected chi connectivity index (χ2v) is 12.1. The molecule has 8 nitrogen and oxygen atoms in total. The summed E-state index contributed by atoms with van der Waals surface area (Å²) in [5.74, 6) is 2.65. The summed E-state index contributed by atoms with van der Waals surface area (Å²) in [7, 11) is 2.10. The van der Waals surface area contributed by atoms with Crippen molar-refractivity contribution in [2.45, 2.75) is 19.0 Å².